The molecule has 2 N–H and O–H groups in total. The van der Waals surface area contributed by atoms with Crippen molar-refractivity contribution in [1.29, 1.82) is 0 Å². The number of methoxy groups -OCH3 is 1. The van der Waals surface area contributed by atoms with Crippen LogP contribution in [0.15, 0.2) is 58.5 Å². The van der Waals surface area contributed by atoms with Crippen molar-refractivity contribution >= 4 is 29.3 Å². The number of carbonyl (C=O) groups is 2. The number of aromatic nitrogens is 2. The van der Waals surface area contributed by atoms with Crippen molar-refractivity contribution in [2.75, 3.05) is 24.7 Å². The van der Waals surface area contributed by atoms with E-state index in [4.69, 9.17) is 0 Å². The summed E-state index contributed by atoms with van der Waals surface area (Å²) < 4.78 is 17.8. The normalized spacial score (nSPS) is 13.2. The number of hydrogen-bond acceptors (Lipinski definition) is 7. The molecule has 0 aliphatic carbocycles. The quantitative estimate of drug-likeness (QED) is 0.303. The van der Waals surface area contributed by atoms with Crippen LogP contribution in [0.1, 0.15) is 27.2 Å². The lowest BCUT2D eigenvalue weighted by atomic mass is 10.1. The van der Waals surface area contributed by atoms with Crippen molar-refractivity contribution < 1.29 is 18.7 Å². The topological polar surface area (TPSA) is 104 Å². The van der Waals surface area contributed by atoms with Gasteiger partial charge in [-0.2, -0.15) is 0 Å². The summed E-state index contributed by atoms with van der Waals surface area (Å²) in [6.45, 7) is 1.81. The Morgan fingerprint density at radius 2 is 1.91 bits per heavy atom. The summed E-state index contributed by atoms with van der Waals surface area (Å²) in [6.07, 6.45) is 0.618. The van der Waals surface area contributed by atoms with Gasteiger partial charge in [-0.25, -0.2) is 14.2 Å². The van der Waals surface area contributed by atoms with Crippen LogP contribution in [0.5, 0.6) is 0 Å². The molecule has 0 atom stereocenters. The third-order valence-corrected chi connectivity index (χ3v) is 6.25. The zero-order chi connectivity index (χ0) is 24.1. The minimum absolute atomic E-state index is 0.0666. The Labute approximate surface area is 199 Å². The highest BCUT2D eigenvalue weighted by Crippen LogP contribution is 2.20. The number of hydrogen-bond donors (Lipinski definition) is 2. The average Bonchev–Trinajstić information content (AvgIpc) is 2.84. The molecule has 1 amide bonds. The molecule has 4 rings (SSSR count). The molecule has 0 radical (unpaired) electrons. The predicted molar refractivity (Wildman–Crippen MR) is 126 cm³/mol. The number of nitrogens with zero attached hydrogens (tertiary/aromatic N) is 2. The molecule has 8 nitrogen and oxygen atoms in total. The highest BCUT2D eigenvalue weighted by molar-refractivity contribution is 7.99. The standard InChI is InChI=1S/C24H23FN4O4S/c1-33-23(32)16-4-8-18(9-5-16)26-21(30)14-34-24-27-20-10-11-29(13-19(20)22(31)28-24)12-15-2-6-17(25)7-3-15/h2-9H,10-14H2,1H3,(H,26,30)(H,27,28,31). The van der Waals surface area contributed by atoms with Crippen LogP contribution < -0.4 is 10.9 Å². The summed E-state index contributed by atoms with van der Waals surface area (Å²) >= 11 is 1.15. The first kappa shape index (κ1) is 23.7. The Hall–Kier alpha value is -3.50. The van der Waals surface area contributed by atoms with Crippen molar-refractivity contribution in [1.82, 2.24) is 14.9 Å². The average molecular weight is 483 g/mol. The molecule has 34 heavy (non-hydrogen) atoms. The number of nitrogens with one attached hydrogen (secondary N) is 2. The summed E-state index contributed by atoms with van der Waals surface area (Å²) in [6, 6.07) is 12.7. The Morgan fingerprint density at radius 1 is 1.18 bits per heavy atom. The highest BCUT2D eigenvalue weighted by Gasteiger charge is 2.21. The third kappa shape index (κ3) is 5.89. The Bertz CT molecular complexity index is 1250. The highest BCUT2D eigenvalue weighted by atomic mass is 32.2. The van der Waals surface area contributed by atoms with E-state index in [0.717, 1.165) is 29.6 Å². The minimum atomic E-state index is -0.450. The van der Waals surface area contributed by atoms with Crippen molar-refractivity contribution in [2.24, 2.45) is 0 Å². The second-order valence-corrected chi connectivity index (χ2v) is 8.75. The molecule has 0 bridgehead atoms. The van der Waals surface area contributed by atoms with Crippen LogP contribution in [-0.2, 0) is 29.0 Å². The number of thioether (sulfide) groups is 1. The largest absolute Gasteiger partial charge is 0.465 e. The molecular formula is C24H23FN4O4S. The van der Waals surface area contributed by atoms with Gasteiger partial charge in [-0.05, 0) is 42.0 Å². The lowest BCUT2D eigenvalue weighted by Crippen LogP contribution is -2.35. The van der Waals surface area contributed by atoms with Gasteiger partial charge in [0.1, 0.15) is 5.82 Å². The van der Waals surface area contributed by atoms with E-state index >= 15 is 0 Å². The van der Waals surface area contributed by atoms with Gasteiger partial charge in [0.15, 0.2) is 5.16 Å². The van der Waals surface area contributed by atoms with E-state index in [0.29, 0.717) is 41.5 Å². The molecule has 0 saturated heterocycles. The summed E-state index contributed by atoms with van der Waals surface area (Å²) in [5.74, 6) is -0.920. The van der Waals surface area contributed by atoms with Crippen LogP contribution in [0, 0.1) is 5.82 Å². The maximum atomic E-state index is 13.1. The summed E-state index contributed by atoms with van der Waals surface area (Å²) in [4.78, 5) is 45.9. The van der Waals surface area contributed by atoms with Crippen LogP contribution in [0.3, 0.4) is 0 Å². The number of aromatic amines is 1. The van der Waals surface area contributed by atoms with E-state index in [1.54, 1.807) is 36.4 Å². The second-order valence-electron chi connectivity index (χ2n) is 7.79. The zero-order valence-electron chi connectivity index (χ0n) is 18.5. The molecule has 0 spiro atoms. The lowest BCUT2D eigenvalue weighted by molar-refractivity contribution is -0.113. The molecule has 176 valence electrons. The Kier molecular flexibility index (Phi) is 7.39. The first-order valence-electron chi connectivity index (χ1n) is 10.6. The van der Waals surface area contributed by atoms with E-state index in [-0.39, 0.29) is 23.0 Å². The number of fused-ring (bicyclic) bond motifs is 1. The molecule has 3 aromatic rings. The first-order chi connectivity index (χ1) is 16.4. The Morgan fingerprint density at radius 3 is 2.62 bits per heavy atom. The predicted octanol–water partition coefficient (Wildman–Crippen LogP) is 2.98. The monoisotopic (exact) mass is 482 g/mol. The molecule has 2 heterocycles. The minimum Gasteiger partial charge on any atom is -0.465 e. The Balaban J connectivity index is 1.33. The number of halogens is 1. The third-order valence-electron chi connectivity index (χ3n) is 5.38. The molecule has 0 fully saturated rings. The van der Waals surface area contributed by atoms with Gasteiger partial charge in [0, 0.05) is 31.7 Å². The fraction of sp³-hybridized carbons (Fsp3) is 0.250. The van der Waals surface area contributed by atoms with Gasteiger partial charge in [-0.3, -0.25) is 14.5 Å². The fourth-order valence-corrected chi connectivity index (χ4v) is 4.33. The van der Waals surface area contributed by atoms with Crippen molar-refractivity contribution in [3.63, 3.8) is 0 Å². The van der Waals surface area contributed by atoms with E-state index in [2.05, 4.69) is 24.9 Å². The first-order valence-corrected chi connectivity index (χ1v) is 11.6. The van der Waals surface area contributed by atoms with Gasteiger partial charge >= 0.3 is 5.97 Å². The van der Waals surface area contributed by atoms with Crippen molar-refractivity contribution in [3.8, 4) is 0 Å². The molecule has 1 aliphatic rings. The zero-order valence-corrected chi connectivity index (χ0v) is 19.3. The summed E-state index contributed by atoms with van der Waals surface area (Å²) in [7, 11) is 1.30. The molecular weight excluding hydrogens is 459 g/mol. The molecule has 0 saturated carbocycles. The van der Waals surface area contributed by atoms with Gasteiger partial charge in [0.05, 0.1) is 29.7 Å². The maximum absolute atomic E-state index is 13.1. The van der Waals surface area contributed by atoms with Crippen LogP contribution in [0.2, 0.25) is 0 Å². The molecule has 2 aromatic carbocycles. The van der Waals surface area contributed by atoms with E-state index in [9.17, 15) is 18.8 Å². The number of esters is 1. The van der Waals surface area contributed by atoms with Gasteiger partial charge < -0.3 is 15.0 Å². The second kappa shape index (κ2) is 10.6. The molecule has 1 aromatic heterocycles. The summed E-state index contributed by atoms with van der Waals surface area (Å²) in [5, 5.41) is 3.14. The number of ether oxygens (including phenoxy) is 1. The van der Waals surface area contributed by atoms with Crippen LogP contribution in [-0.4, -0.2) is 46.2 Å². The SMILES string of the molecule is COC(=O)c1ccc(NC(=O)CSc2nc3c(c(=O)[nH]2)CN(Cc2ccc(F)cc2)CC3)cc1. The number of anilines is 1. The lowest BCUT2D eigenvalue weighted by Gasteiger charge is -2.27. The number of H-pyrrole nitrogens is 1. The van der Waals surface area contributed by atoms with Gasteiger partial charge in [0.25, 0.3) is 5.56 Å². The fourth-order valence-electron chi connectivity index (χ4n) is 3.65. The van der Waals surface area contributed by atoms with Gasteiger partial charge in [0.2, 0.25) is 5.91 Å². The number of carbonyl (C=O) groups excluding carboxylic acids is 2. The van der Waals surface area contributed by atoms with Crippen molar-refractivity contribution in [2.45, 2.75) is 24.7 Å². The van der Waals surface area contributed by atoms with Gasteiger partial charge in [-0.15, -0.1) is 0 Å². The van der Waals surface area contributed by atoms with E-state index in [1.807, 2.05) is 0 Å². The van der Waals surface area contributed by atoms with Crippen molar-refractivity contribution in [3.05, 3.63) is 87.1 Å². The molecule has 1 aliphatic heterocycles. The van der Waals surface area contributed by atoms with E-state index in [1.165, 1.54) is 19.2 Å². The molecule has 0 unspecified atom stereocenters. The summed E-state index contributed by atoms with van der Waals surface area (Å²) in [5.41, 5.74) is 3.06. The molecule has 10 heteroatoms. The maximum Gasteiger partial charge on any atom is 0.337 e. The number of rotatable bonds is 7. The van der Waals surface area contributed by atoms with Crippen LogP contribution >= 0.6 is 11.8 Å². The number of benzene rings is 2. The van der Waals surface area contributed by atoms with Crippen LogP contribution in [0.25, 0.3) is 0 Å². The van der Waals surface area contributed by atoms with Crippen LogP contribution in [0.4, 0.5) is 10.1 Å². The van der Waals surface area contributed by atoms with E-state index < -0.39 is 5.97 Å². The number of amides is 1. The smallest absolute Gasteiger partial charge is 0.337 e. The van der Waals surface area contributed by atoms with Gasteiger partial charge in [-0.1, -0.05) is 23.9 Å².